The highest BCUT2D eigenvalue weighted by Crippen LogP contribution is 2.38. The van der Waals surface area contributed by atoms with Gasteiger partial charge < -0.3 is 15.4 Å². The first-order valence-corrected chi connectivity index (χ1v) is 8.72. The predicted octanol–water partition coefficient (Wildman–Crippen LogP) is 2.56. The average Bonchev–Trinajstić information content (AvgIpc) is 2.84. The monoisotopic (exact) mass is 296 g/mol. The van der Waals surface area contributed by atoms with Crippen molar-refractivity contribution in [2.45, 2.75) is 64.9 Å². The molecular weight excluding hydrogens is 264 g/mol. The van der Waals surface area contributed by atoms with Crippen LogP contribution in [0.15, 0.2) is 0 Å². The Balaban J connectivity index is 1.83. The molecule has 2 unspecified atom stereocenters. The molecule has 1 amide bonds. The zero-order valence-corrected chi connectivity index (χ0v) is 13.8. The van der Waals surface area contributed by atoms with Crippen LogP contribution in [0.1, 0.15) is 58.8 Å². The van der Waals surface area contributed by atoms with Crippen LogP contribution < -0.4 is 5.73 Å². The van der Waals surface area contributed by atoms with Gasteiger partial charge in [0.05, 0.1) is 12.7 Å². The molecule has 0 aromatic rings. The molecule has 2 aliphatic heterocycles. The largest absolute Gasteiger partial charge is 0.377 e. The summed E-state index contributed by atoms with van der Waals surface area (Å²) in [5, 5.41) is 0. The van der Waals surface area contributed by atoms with E-state index in [4.69, 9.17) is 10.5 Å². The van der Waals surface area contributed by atoms with Gasteiger partial charge in [-0.1, -0.05) is 26.7 Å². The molecule has 2 N–H and O–H groups in total. The van der Waals surface area contributed by atoms with Crippen LogP contribution in [0.25, 0.3) is 0 Å². The summed E-state index contributed by atoms with van der Waals surface area (Å²) in [6.45, 7) is 7.75. The van der Waals surface area contributed by atoms with Crippen molar-refractivity contribution in [2.75, 3.05) is 26.2 Å². The molecule has 0 aliphatic carbocycles. The molecule has 0 aromatic heterocycles. The van der Waals surface area contributed by atoms with Crippen molar-refractivity contribution in [3.63, 3.8) is 0 Å². The lowest BCUT2D eigenvalue weighted by Gasteiger charge is -2.30. The number of carbonyl (C=O) groups excluding carboxylic acids is 1. The van der Waals surface area contributed by atoms with Gasteiger partial charge in [-0.2, -0.15) is 0 Å². The topological polar surface area (TPSA) is 55.6 Å². The van der Waals surface area contributed by atoms with E-state index in [1.54, 1.807) is 0 Å². The molecule has 2 heterocycles. The van der Waals surface area contributed by atoms with Crippen molar-refractivity contribution in [3.05, 3.63) is 0 Å². The first kappa shape index (κ1) is 16.8. The summed E-state index contributed by atoms with van der Waals surface area (Å²) in [6.07, 6.45) is 7.82. The van der Waals surface area contributed by atoms with Gasteiger partial charge in [-0.15, -0.1) is 0 Å². The second-order valence-corrected chi connectivity index (χ2v) is 6.94. The lowest BCUT2D eigenvalue weighted by Crippen LogP contribution is -2.34. The maximum Gasteiger partial charge on any atom is 0.222 e. The van der Waals surface area contributed by atoms with Gasteiger partial charge >= 0.3 is 0 Å². The van der Waals surface area contributed by atoms with E-state index in [1.165, 1.54) is 25.7 Å². The van der Waals surface area contributed by atoms with E-state index in [9.17, 15) is 4.79 Å². The Morgan fingerprint density at radius 2 is 2.05 bits per heavy atom. The summed E-state index contributed by atoms with van der Waals surface area (Å²) < 4.78 is 5.60. The molecule has 4 heteroatoms. The van der Waals surface area contributed by atoms with Crippen molar-refractivity contribution in [1.82, 2.24) is 4.90 Å². The van der Waals surface area contributed by atoms with Crippen LogP contribution >= 0.6 is 0 Å². The molecular formula is C17H32N2O2. The van der Waals surface area contributed by atoms with Gasteiger partial charge in [-0.3, -0.25) is 4.79 Å². The molecule has 2 rings (SSSR count). The van der Waals surface area contributed by atoms with Gasteiger partial charge in [0.25, 0.3) is 0 Å². The molecule has 122 valence electrons. The Labute approximate surface area is 129 Å². The van der Waals surface area contributed by atoms with Crippen LogP contribution in [0, 0.1) is 11.3 Å². The van der Waals surface area contributed by atoms with Crippen molar-refractivity contribution < 1.29 is 9.53 Å². The maximum absolute atomic E-state index is 12.5. The second-order valence-electron chi connectivity index (χ2n) is 6.94. The van der Waals surface area contributed by atoms with Crippen LogP contribution in [0.5, 0.6) is 0 Å². The molecule has 2 saturated heterocycles. The minimum absolute atomic E-state index is 0.166. The molecule has 0 spiro atoms. The van der Waals surface area contributed by atoms with E-state index in [1.807, 2.05) is 0 Å². The molecule has 2 atom stereocenters. The van der Waals surface area contributed by atoms with E-state index in [-0.39, 0.29) is 6.10 Å². The summed E-state index contributed by atoms with van der Waals surface area (Å²) in [7, 11) is 0. The van der Waals surface area contributed by atoms with E-state index >= 15 is 0 Å². The fraction of sp³-hybridized carbons (Fsp3) is 0.941. The lowest BCUT2D eigenvalue weighted by atomic mass is 9.76. The second kappa shape index (κ2) is 7.59. The van der Waals surface area contributed by atoms with Crippen molar-refractivity contribution >= 4 is 5.91 Å². The number of carbonyl (C=O) groups is 1. The molecule has 0 saturated carbocycles. The predicted molar refractivity (Wildman–Crippen MR) is 85.0 cm³/mol. The highest BCUT2D eigenvalue weighted by atomic mass is 16.5. The van der Waals surface area contributed by atoms with Crippen molar-refractivity contribution in [1.29, 1.82) is 0 Å². The fourth-order valence-electron chi connectivity index (χ4n) is 3.92. The van der Waals surface area contributed by atoms with Gasteiger partial charge in [0.2, 0.25) is 5.91 Å². The SMILES string of the molecule is CCC1(CC)CCCN(C(=O)CC2COC(CN)C2)CC1. The average molecular weight is 296 g/mol. The number of nitrogens with two attached hydrogens (primary N) is 1. The summed E-state index contributed by atoms with van der Waals surface area (Å²) in [6, 6.07) is 0. The fourth-order valence-corrected chi connectivity index (χ4v) is 3.92. The van der Waals surface area contributed by atoms with Gasteiger partial charge in [0, 0.05) is 26.1 Å². The van der Waals surface area contributed by atoms with Gasteiger partial charge in [-0.05, 0) is 37.0 Å². The number of likely N-dealkylation sites (tertiary alicyclic amines) is 1. The first-order chi connectivity index (χ1) is 10.1. The van der Waals surface area contributed by atoms with Gasteiger partial charge in [0.15, 0.2) is 0 Å². The number of rotatable bonds is 5. The van der Waals surface area contributed by atoms with Gasteiger partial charge in [-0.25, -0.2) is 0 Å². The standard InChI is InChI=1S/C17H32N2O2/c1-3-17(4-2)6-5-8-19(9-7-17)16(20)11-14-10-15(12-18)21-13-14/h14-15H,3-13,18H2,1-2H3. The molecule has 4 nitrogen and oxygen atoms in total. The van der Waals surface area contributed by atoms with E-state index < -0.39 is 0 Å². The van der Waals surface area contributed by atoms with Crippen molar-refractivity contribution in [2.24, 2.45) is 17.1 Å². The van der Waals surface area contributed by atoms with Crippen molar-refractivity contribution in [3.8, 4) is 0 Å². The zero-order valence-electron chi connectivity index (χ0n) is 13.8. The normalized spacial score (nSPS) is 29.4. The lowest BCUT2D eigenvalue weighted by molar-refractivity contribution is -0.132. The molecule has 2 fully saturated rings. The Morgan fingerprint density at radius 1 is 1.29 bits per heavy atom. The summed E-state index contributed by atoms with van der Waals surface area (Å²) in [5.74, 6) is 0.695. The van der Waals surface area contributed by atoms with E-state index in [0.717, 1.165) is 25.9 Å². The number of amides is 1. The quantitative estimate of drug-likeness (QED) is 0.848. The van der Waals surface area contributed by atoms with Crippen LogP contribution in [0.3, 0.4) is 0 Å². The highest BCUT2D eigenvalue weighted by molar-refractivity contribution is 5.76. The number of hydrogen-bond acceptors (Lipinski definition) is 3. The number of hydrogen-bond donors (Lipinski definition) is 1. The Kier molecular flexibility index (Phi) is 6.06. The third kappa shape index (κ3) is 4.19. The minimum Gasteiger partial charge on any atom is -0.377 e. The first-order valence-electron chi connectivity index (χ1n) is 8.72. The highest BCUT2D eigenvalue weighted by Gasteiger charge is 2.32. The Morgan fingerprint density at radius 3 is 2.67 bits per heavy atom. The number of ether oxygens (including phenoxy) is 1. The zero-order chi connectivity index (χ0) is 15.3. The molecule has 21 heavy (non-hydrogen) atoms. The summed E-state index contributed by atoms with van der Waals surface area (Å²) >= 11 is 0. The van der Waals surface area contributed by atoms with Crippen LogP contribution in [-0.2, 0) is 9.53 Å². The summed E-state index contributed by atoms with van der Waals surface area (Å²) in [4.78, 5) is 14.6. The molecule has 0 bridgehead atoms. The summed E-state index contributed by atoms with van der Waals surface area (Å²) in [5.41, 5.74) is 6.10. The Bertz CT molecular complexity index is 342. The van der Waals surface area contributed by atoms with Crippen LogP contribution in [0.2, 0.25) is 0 Å². The maximum atomic E-state index is 12.5. The van der Waals surface area contributed by atoms with E-state index in [2.05, 4.69) is 18.7 Å². The van der Waals surface area contributed by atoms with Crippen LogP contribution in [0.4, 0.5) is 0 Å². The third-order valence-corrected chi connectivity index (χ3v) is 5.79. The van der Waals surface area contributed by atoms with Gasteiger partial charge in [0.1, 0.15) is 0 Å². The third-order valence-electron chi connectivity index (χ3n) is 5.79. The van der Waals surface area contributed by atoms with Crippen LogP contribution in [-0.4, -0.2) is 43.2 Å². The minimum atomic E-state index is 0.166. The molecule has 0 radical (unpaired) electrons. The molecule has 0 aromatic carbocycles. The molecule has 2 aliphatic rings. The van der Waals surface area contributed by atoms with E-state index in [0.29, 0.717) is 36.8 Å². The number of nitrogens with zero attached hydrogens (tertiary/aromatic N) is 1. The smallest absolute Gasteiger partial charge is 0.222 e. The Hall–Kier alpha value is -0.610.